The molecule has 1 aliphatic heterocycles. The molecule has 1 heterocycles. The standard InChI is InChI=1S/C11H11Cl2NO3/c12-4-8(15)5-14-9-3-7(13)1-2-10(9)17-6-11(14)16/h1-3,8,15H,4-6H2. The third kappa shape index (κ3) is 2.65. The van der Waals surface area contributed by atoms with Crippen LogP contribution in [0.5, 0.6) is 5.75 Å². The van der Waals surface area contributed by atoms with Crippen LogP contribution in [-0.2, 0) is 4.79 Å². The number of hydrogen-bond donors (Lipinski definition) is 1. The molecule has 17 heavy (non-hydrogen) atoms. The van der Waals surface area contributed by atoms with Crippen molar-refractivity contribution in [1.29, 1.82) is 0 Å². The second kappa shape index (κ2) is 5.12. The zero-order chi connectivity index (χ0) is 12.4. The SMILES string of the molecule is O=C1COc2ccc(Cl)cc2N1CC(O)CCl. The number of carbonyl (C=O) groups is 1. The van der Waals surface area contributed by atoms with Gasteiger partial charge in [-0.3, -0.25) is 4.79 Å². The van der Waals surface area contributed by atoms with Gasteiger partial charge in [-0.15, -0.1) is 11.6 Å². The Morgan fingerprint density at radius 2 is 2.29 bits per heavy atom. The number of hydrogen-bond acceptors (Lipinski definition) is 3. The topological polar surface area (TPSA) is 49.8 Å². The lowest BCUT2D eigenvalue weighted by Crippen LogP contribution is -2.43. The van der Waals surface area contributed by atoms with E-state index in [1.165, 1.54) is 4.90 Å². The van der Waals surface area contributed by atoms with Crippen LogP contribution >= 0.6 is 23.2 Å². The lowest BCUT2D eigenvalue weighted by molar-refractivity contribution is -0.121. The Morgan fingerprint density at radius 1 is 1.53 bits per heavy atom. The highest BCUT2D eigenvalue weighted by molar-refractivity contribution is 6.31. The fraction of sp³-hybridized carbons (Fsp3) is 0.364. The van der Waals surface area contributed by atoms with E-state index in [4.69, 9.17) is 27.9 Å². The molecular weight excluding hydrogens is 265 g/mol. The molecular formula is C11H11Cl2NO3. The summed E-state index contributed by atoms with van der Waals surface area (Å²) < 4.78 is 5.27. The van der Waals surface area contributed by atoms with E-state index in [2.05, 4.69) is 0 Å². The highest BCUT2D eigenvalue weighted by Gasteiger charge is 2.27. The van der Waals surface area contributed by atoms with Gasteiger partial charge < -0.3 is 14.7 Å². The summed E-state index contributed by atoms with van der Waals surface area (Å²) in [4.78, 5) is 13.2. The van der Waals surface area contributed by atoms with E-state index < -0.39 is 6.10 Å². The monoisotopic (exact) mass is 275 g/mol. The minimum Gasteiger partial charge on any atom is -0.482 e. The molecule has 2 rings (SSSR count). The Kier molecular flexibility index (Phi) is 3.76. The first-order chi connectivity index (χ1) is 8.11. The molecule has 0 bridgehead atoms. The third-order valence-corrected chi connectivity index (χ3v) is 3.03. The van der Waals surface area contributed by atoms with Gasteiger partial charge in [-0.1, -0.05) is 11.6 Å². The summed E-state index contributed by atoms with van der Waals surface area (Å²) in [5.74, 6) is 0.431. The van der Waals surface area contributed by atoms with Crippen LogP contribution in [0, 0.1) is 0 Å². The molecule has 0 saturated carbocycles. The number of β-amino-alcohol motifs (C(OH)–C–C–N with tert-alkyl or cyclic N) is 1. The summed E-state index contributed by atoms with van der Waals surface area (Å²) in [6.07, 6.45) is -0.773. The Hall–Kier alpha value is -0.970. The van der Waals surface area contributed by atoms with Gasteiger partial charge in [-0.05, 0) is 18.2 Å². The van der Waals surface area contributed by atoms with Gasteiger partial charge in [-0.25, -0.2) is 0 Å². The van der Waals surface area contributed by atoms with Crippen LogP contribution in [-0.4, -0.2) is 36.1 Å². The molecule has 1 amide bonds. The molecule has 0 radical (unpaired) electrons. The molecule has 1 aliphatic rings. The van der Waals surface area contributed by atoms with Crippen molar-refractivity contribution in [3.63, 3.8) is 0 Å². The van der Waals surface area contributed by atoms with Gasteiger partial charge in [0.15, 0.2) is 6.61 Å². The number of amides is 1. The maximum atomic E-state index is 11.7. The summed E-state index contributed by atoms with van der Waals surface area (Å²) in [7, 11) is 0. The summed E-state index contributed by atoms with van der Waals surface area (Å²) in [5.41, 5.74) is 0.568. The Labute approximate surface area is 109 Å². The summed E-state index contributed by atoms with van der Waals surface area (Å²) in [6, 6.07) is 5.02. The van der Waals surface area contributed by atoms with Gasteiger partial charge >= 0.3 is 0 Å². The number of alkyl halides is 1. The fourth-order valence-electron chi connectivity index (χ4n) is 1.63. The Bertz CT molecular complexity index is 439. The molecule has 0 saturated heterocycles. The zero-order valence-electron chi connectivity index (χ0n) is 8.90. The van der Waals surface area contributed by atoms with Gasteiger partial charge in [0.1, 0.15) is 5.75 Å². The molecule has 92 valence electrons. The Morgan fingerprint density at radius 3 is 3.00 bits per heavy atom. The van der Waals surface area contributed by atoms with Crippen molar-refractivity contribution in [3.8, 4) is 5.75 Å². The van der Waals surface area contributed by atoms with E-state index in [-0.39, 0.29) is 24.9 Å². The number of anilines is 1. The van der Waals surface area contributed by atoms with Gasteiger partial charge in [0.25, 0.3) is 5.91 Å². The summed E-state index contributed by atoms with van der Waals surface area (Å²) >= 11 is 11.4. The van der Waals surface area contributed by atoms with Crippen LogP contribution in [0.3, 0.4) is 0 Å². The van der Waals surface area contributed by atoms with Gasteiger partial charge in [-0.2, -0.15) is 0 Å². The molecule has 4 nitrogen and oxygen atoms in total. The molecule has 1 aromatic rings. The second-order valence-electron chi connectivity index (χ2n) is 3.71. The average Bonchev–Trinajstić information content (AvgIpc) is 2.32. The number of fused-ring (bicyclic) bond motifs is 1. The Balaban J connectivity index is 2.32. The van der Waals surface area contributed by atoms with Crippen LogP contribution in [0.1, 0.15) is 0 Å². The van der Waals surface area contributed by atoms with Crippen molar-refractivity contribution in [2.75, 3.05) is 23.9 Å². The molecule has 0 aromatic heterocycles. The van der Waals surface area contributed by atoms with Crippen LogP contribution in [0.15, 0.2) is 18.2 Å². The van der Waals surface area contributed by atoms with Crippen molar-refractivity contribution in [1.82, 2.24) is 0 Å². The average molecular weight is 276 g/mol. The van der Waals surface area contributed by atoms with Crippen molar-refractivity contribution >= 4 is 34.8 Å². The number of carbonyl (C=O) groups excluding carboxylic acids is 1. The molecule has 6 heteroatoms. The molecule has 1 aromatic carbocycles. The van der Waals surface area contributed by atoms with Crippen LogP contribution in [0.4, 0.5) is 5.69 Å². The largest absolute Gasteiger partial charge is 0.482 e. The van der Waals surface area contributed by atoms with Crippen molar-refractivity contribution in [2.24, 2.45) is 0 Å². The number of ether oxygens (including phenoxy) is 1. The molecule has 1 atom stereocenters. The highest BCUT2D eigenvalue weighted by Crippen LogP contribution is 2.34. The maximum absolute atomic E-state index is 11.7. The van der Waals surface area contributed by atoms with Gasteiger partial charge in [0.05, 0.1) is 24.2 Å². The second-order valence-corrected chi connectivity index (χ2v) is 4.46. The first-order valence-electron chi connectivity index (χ1n) is 5.08. The lowest BCUT2D eigenvalue weighted by Gasteiger charge is -2.30. The van der Waals surface area contributed by atoms with Crippen molar-refractivity contribution < 1.29 is 14.6 Å². The first kappa shape index (κ1) is 12.5. The number of aliphatic hydroxyl groups is 1. The predicted octanol–water partition coefficient (Wildman–Crippen LogP) is 1.67. The molecule has 1 N–H and O–H groups in total. The van der Waals surface area contributed by atoms with E-state index in [0.29, 0.717) is 16.5 Å². The first-order valence-corrected chi connectivity index (χ1v) is 6.00. The third-order valence-electron chi connectivity index (χ3n) is 2.44. The number of halogens is 2. The van der Waals surface area contributed by atoms with Crippen molar-refractivity contribution in [3.05, 3.63) is 23.2 Å². The predicted molar refractivity (Wildman–Crippen MR) is 66.0 cm³/mol. The smallest absolute Gasteiger partial charge is 0.265 e. The molecule has 1 unspecified atom stereocenters. The maximum Gasteiger partial charge on any atom is 0.265 e. The minimum atomic E-state index is -0.773. The number of benzene rings is 1. The number of nitrogens with zero attached hydrogens (tertiary/aromatic N) is 1. The van der Waals surface area contributed by atoms with E-state index in [0.717, 1.165) is 0 Å². The lowest BCUT2D eigenvalue weighted by atomic mass is 10.2. The van der Waals surface area contributed by atoms with Crippen LogP contribution in [0.25, 0.3) is 0 Å². The minimum absolute atomic E-state index is 0.0381. The molecule has 0 fully saturated rings. The van der Waals surface area contributed by atoms with E-state index in [9.17, 15) is 9.90 Å². The van der Waals surface area contributed by atoms with Crippen molar-refractivity contribution in [2.45, 2.75) is 6.10 Å². The van der Waals surface area contributed by atoms with E-state index >= 15 is 0 Å². The summed E-state index contributed by atoms with van der Waals surface area (Å²) in [6.45, 7) is 0.0999. The van der Waals surface area contributed by atoms with E-state index in [1.807, 2.05) is 0 Å². The van der Waals surface area contributed by atoms with Gasteiger partial charge in [0, 0.05) is 5.02 Å². The highest BCUT2D eigenvalue weighted by atomic mass is 35.5. The zero-order valence-corrected chi connectivity index (χ0v) is 10.4. The normalized spacial score (nSPS) is 16.4. The fourth-order valence-corrected chi connectivity index (χ4v) is 1.90. The van der Waals surface area contributed by atoms with Crippen LogP contribution < -0.4 is 9.64 Å². The number of rotatable bonds is 3. The van der Waals surface area contributed by atoms with E-state index in [1.54, 1.807) is 18.2 Å². The molecule has 0 aliphatic carbocycles. The number of aliphatic hydroxyl groups excluding tert-OH is 1. The molecule has 0 spiro atoms. The van der Waals surface area contributed by atoms with Crippen LogP contribution in [0.2, 0.25) is 5.02 Å². The quantitative estimate of drug-likeness (QED) is 0.854. The summed E-state index contributed by atoms with van der Waals surface area (Å²) in [5, 5.41) is 10.0. The van der Waals surface area contributed by atoms with Gasteiger partial charge in [0.2, 0.25) is 0 Å².